The van der Waals surface area contributed by atoms with Gasteiger partial charge in [0, 0.05) is 0 Å². The minimum absolute atomic E-state index is 0.869. The molecule has 0 fully saturated rings. The van der Waals surface area contributed by atoms with E-state index >= 15 is 0 Å². The van der Waals surface area contributed by atoms with Crippen molar-refractivity contribution in [3.05, 3.63) is 0 Å². The average Bonchev–Trinajstić information content (AvgIpc) is 2.75. The molecule has 0 bridgehead atoms. The van der Waals surface area contributed by atoms with E-state index in [4.69, 9.17) is 27.9 Å². The molecule has 194 valence electrons. The summed E-state index contributed by atoms with van der Waals surface area (Å²) in [6.07, 6.45) is 35.5. The quantitative estimate of drug-likeness (QED) is 0.0666. The van der Waals surface area contributed by atoms with Crippen molar-refractivity contribution in [2.75, 3.05) is 6.54 Å². The molecule has 0 aliphatic rings. The van der Waals surface area contributed by atoms with Gasteiger partial charge in [0.05, 0.1) is 0 Å². The van der Waals surface area contributed by atoms with E-state index in [2.05, 4.69) is 0 Å². The van der Waals surface area contributed by atoms with Gasteiger partial charge >= 0.3 is 0 Å². The maximum absolute atomic E-state index is 6.14. The third-order valence-electron chi connectivity index (χ3n) is 6.82. The van der Waals surface area contributed by atoms with Crippen LogP contribution in [0.15, 0.2) is 0 Å². The predicted molar refractivity (Wildman–Crippen MR) is 153 cm³/mol. The van der Waals surface area contributed by atoms with Gasteiger partial charge in [0.25, 0.3) is 0 Å². The Bertz CT molecular complexity index is 347. The zero-order valence-corrected chi connectivity index (χ0v) is 24.4. The van der Waals surface area contributed by atoms with Crippen molar-refractivity contribution in [3.8, 4) is 0 Å². The molecule has 0 aliphatic carbocycles. The Hall–Kier alpha value is 0.757. The van der Waals surface area contributed by atoms with Crippen LogP contribution in [0.1, 0.15) is 161 Å². The van der Waals surface area contributed by atoms with E-state index in [1.54, 1.807) is 0 Å². The third kappa shape index (κ3) is 30.8. The molecule has 0 aliphatic heterocycles. The molecule has 4 heteroatoms. The van der Waals surface area contributed by atoms with E-state index in [-0.39, 0.29) is 0 Å². The number of hydrogen-bond acceptors (Lipinski definition) is 1. The normalized spacial score (nSPS) is 12.0. The summed E-state index contributed by atoms with van der Waals surface area (Å²) in [4.78, 5) is 0. The van der Waals surface area contributed by atoms with E-state index in [0.717, 1.165) is 12.6 Å². The smallest absolute Gasteiger partial charge is 0.248 e. The van der Waals surface area contributed by atoms with Crippen molar-refractivity contribution in [2.24, 2.45) is 5.73 Å². The van der Waals surface area contributed by atoms with E-state index < -0.39 is 6.69 Å². The monoisotopic (exact) mass is 507 g/mol. The van der Waals surface area contributed by atoms with Gasteiger partial charge in [-0.15, -0.1) is 22.2 Å². The summed E-state index contributed by atoms with van der Waals surface area (Å²) < 4.78 is 0. The van der Waals surface area contributed by atoms with Crippen LogP contribution in [-0.4, -0.2) is 13.2 Å². The number of hydrogen-bond donors (Lipinski definition) is 1. The fraction of sp³-hybridized carbons (Fsp3) is 1.00. The summed E-state index contributed by atoms with van der Waals surface area (Å²) in [5.41, 5.74) is 5.53. The Kier molecular flexibility index (Phi) is 27.0. The predicted octanol–water partition coefficient (Wildman–Crippen LogP) is 11.2. The topological polar surface area (TPSA) is 26.0 Å². The summed E-state index contributed by atoms with van der Waals surface area (Å²) in [5, 5.41) is 0. The molecular formula is C28H59Cl2NSi. The first-order valence-electron chi connectivity index (χ1n) is 14.6. The van der Waals surface area contributed by atoms with Gasteiger partial charge in [-0.1, -0.05) is 154 Å². The Morgan fingerprint density at radius 2 is 0.562 bits per heavy atom. The van der Waals surface area contributed by atoms with Crippen LogP contribution in [0.4, 0.5) is 0 Å². The van der Waals surface area contributed by atoms with Crippen LogP contribution >= 0.6 is 22.2 Å². The number of rotatable bonds is 27. The molecule has 0 aromatic rings. The highest BCUT2D eigenvalue weighted by atomic mass is 35.7. The second-order valence-electron chi connectivity index (χ2n) is 10.4. The van der Waals surface area contributed by atoms with E-state index in [9.17, 15) is 0 Å². The van der Waals surface area contributed by atoms with E-state index in [1.807, 2.05) is 6.55 Å². The SMILES string of the molecule is C[Si](Cl)(Cl)CCCCCCCCCCCCCCCCCCCCCCCCCCCN. The molecule has 0 rings (SSSR count). The molecule has 0 aromatic heterocycles. The largest absolute Gasteiger partial charge is 0.330 e. The molecule has 2 N–H and O–H groups in total. The molecule has 0 heterocycles. The first-order chi connectivity index (χ1) is 15.6. The van der Waals surface area contributed by atoms with Crippen molar-refractivity contribution in [1.29, 1.82) is 0 Å². The number of nitrogens with two attached hydrogens (primary N) is 1. The molecule has 0 radical (unpaired) electrons. The lowest BCUT2D eigenvalue weighted by molar-refractivity contribution is 0.516. The van der Waals surface area contributed by atoms with Crippen LogP contribution < -0.4 is 5.73 Å². The molecule has 0 aromatic carbocycles. The van der Waals surface area contributed by atoms with Gasteiger partial charge in [-0.25, -0.2) is 0 Å². The lowest BCUT2D eigenvalue weighted by Crippen LogP contribution is -2.11. The van der Waals surface area contributed by atoms with Crippen molar-refractivity contribution in [3.63, 3.8) is 0 Å². The lowest BCUT2D eigenvalue weighted by atomic mass is 10.0. The Labute approximate surface area is 213 Å². The van der Waals surface area contributed by atoms with Crippen LogP contribution in [0.25, 0.3) is 0 Å². The molecule has 0 saturated heterocycles. The second kappa shape index (κ2) is 26.4. The Balaban J connectivity index is 3.02. The minimum atomic E-state index is -1.84. The van der Waals surface area contributed by atoms with Crippen LogP contribution in [0.2, 0.25) is 12.6 Å². The first-order valence-corrected chi connectivity index (χ1v) is 19.4. The van der Waals surface area contributed by atoms with Crippen molar-refractivity contribution < 1.29 is 0 Å². The molecule has 0 atom stereocenters. The summed E-state index contributed by atoms with van der Waals surface area (Å²) in [6.45, 7) is 1.07. The maximum Gasteiger partial charge on any atom is 0.248 e. The van der Waals surface area contributed by atoms with Gasteiger partial charge in [-0.3, -0.25) is 0 Å². The highest BCUT2D eigenvalue weighted by Gasteiger charge is 2.19. The highest BCUT2D eigenvalue weighted by molar-refractivity contribution is 7.44. The van der Waals surface area contributed by atoms with Crippen LogP contribution in [-0.2, 0) is 0 Å². The van der Waals surface area contributed by atoms with E-state index in [1.165, 1.54) is 161 Å². The summed E-state index contributed by atoms with van der Waals surface area (Å²) >= 11 is 12.3. The molecular weight excluding hydrogens is 449 g/mol. The standard InChI is InChI=1S/C28H59Cl2NSi/c1-32(29,30)28-26-24-22-20-18-16-14-12-10-8-6-4-2-3-5-7-9-11-13-15-17-19-21-23-25-27-31/h2-28,31H2,1H3. The highest BCUT2D eigenvalue weighted by Crippen LogP contribution is 2.23. The van der Waals surface area contributed by atoms with Gasteiger partial charge in [0.1, 0.15) is 0 Å². The zero-order chi connectivity index (χ0) is 23.6. The molecule has 0 amide bonds. The average molecular weight is 509 g/mol. The fourth-order valence-corrected chi connectivity index (χ4v) is 6.32. The minimum Gasteiger partial charge on any atom is -0.330 e. The molecule has 0 unspecified atom stereocenters. The number of unbranched alkanes of at least 4 members (excludes halogenated alkanes) is 24. The summed E-state index contributed by atoms with van der Waals surface area (Å²) in [6, 6.07) is 1.06. The molecule has 32 heavy (non-hydrogen) atoms. The lowest BCUT2D eigenvalue weighted by Gasteiger charge is -2.09. The summed E-state index contributed by atoms with van der Waals surface area (Å²) in [5.74, 6) is 0. The Morgan fingerprint density at radius 1 is 0.375 bits per heavy atom. The van der Waals surface area contributed by atoms with Crippen molar-refractivity contribution >= 4 is 28.9 Å². The van der Waals surface area contributed by atoms with Gasteiger partial charge in [-0.2, -0.15) is 0 Å². The van der Waals surface area contributed by atoms with E-state index in [0.29, 0.717) is 0 Å². The van der Waals surface area contributed by atoms with Gasteiger partial charge in [0.15, 0.2) is 0 Å². The van der Waals surface area contributed by atoms with Crippen molar-refractivity contribution in [1.82, 2.24) is 0 Å². The fourth-order valence-electron chi connectivity index (χ4n) is 4.65. The van der Waals surface area contributed by atoms with Gasteiger partial charge in [-0.05, 0) is 25.6 Å². The zero-order valence-electron chi connectivity index (χ0n) is 21.9. The molecule has 0 spiro atoms. The second-order valence-corrected chi connectivity index (χ2v) is 18.7. The summed E-state index contributed by atoms with van der Waals surface area (Å²) in [7, 11) is 0. The van der Waals surface area contributed by atoms with Crippen LogP contribution in [0, 0.1) is 0 Å². The number of halogens is 2. The third-order valence-corrected chi connectivity index (χ3v) is 9.19. The molecule has 1 nitrogen and oxygen atoms in total. The maximum atomic E-state index is 6.14. The Morgan fingerprint density at radius 3 is 0.750 bits per heavy atom. The van der Waals surface area contributed by atoms with Gasteiger partial charge in [0.2, 0.25) is 6.69 Å². The van der Waals surface area contributed by atoms with Gasteiger partial charge < -0.3 is 5.73 Å². The first kappa shape index (κ1) is 32.8. The van der Waals surface area contributed by atoms with Crippen molar-refractivity contribution in [2.45, 2.75) is 173 Å². The van der Waals surface area contributed by atoms with Crippen LogP contribution in [0.5, 0.6) is 0 Å². The van der Waals surface area contributed by atoms with Crippen LogP contribution in [0.3, 0.4) is 0 Å². The molecule has 0 saturated carbocycles.